The maximum atomic E-state index is 13.2. The lowest BCUT2D eigenvalue weighted by molar-refractivity contribution is 0.103. The van der Waals surface area contributed by atoms with Gasteiger partial charge in [0.15, 0.2) is 0 Å². The summed E-state index contributed by atoms with van der Waals surface area (Å²) in [4.78, 5) is 21.6. The van der Waals surface area contributed by atoms with Crippen molar-refractivity contribution < 1.29 is 9.90 Å². The van der Waals surface area contributed by atoms with E-state index >= 15 is 0 Å². The first kappa shape index (κ1) is 21.5. The van der Waals surface area contributed by atoms with Crippen LogP contribution in [0.25, 0.3) is 0 Å². The highest BCUT2D eigenvalue weighted by Crippen LogP contribution is 2.33. The highest BCUT2D eigenvalue weighted by Gasteiger charge is 2.31. The van der Waals surface area contributed by atoms with Gasteiger partial charge in [-0.2, -0.15) is 5.10 Å². The second-order valence-corrected chi connectivity index (χ2v) is 8.74. The van der Waals surface area contributed by atoms with E-state index in [9.17, 15) is 9.90 Å². The summed E-state index contributed by atoms with van der Waals surface area (Å²) >= 11 is 6.08. The number of aliphatic hydroxyl groups is 1. The lowest BCUT2D eigenvalue weighted by atomic mass is 10.00. The van der Waals surface area contributed by atoms with E-state index in [1.807, 2.05) is 31.2 Å². The molecule has 0 saturated heterocycles. The van der Waals surface area contributed by atoms with Crippen LogP contribution in [0.4, 0.5) is 5.82 Å². The van der Waals surface area contributed by atoms with Crippen LogP contribution in [0, 0.1) is 18.8 Å². The average molecular weight is 440 g/mol. The number of rotatable bonds is 7. The smallest absolute Gasteiger partial charge is 0.218 e. The first-order valence-electron chi connectivity index (χ1n) is 10.5. The zero-order valence-electron chi connectivity index (χ0n) is 17.6. The number of ketones is 1. The van der Waals surface area contributed by atoms with Gasteiger partial charge in [0.2, 0.25) is 5.78 Å². The fourth-order valence-electron chi connectivity index (χ4n) is 4.24. The fraction of sp³-hybridized carbons (Fsp3) is 0.391. The normalized spacial score (nSPS) is 20.7. The monoisotopic (exact) mass is 439 g/mol. The van der Waals surface area contributed by atoms with E-state index in [1.54, 1.807) is 10.7 Å². The van der Waals surface area contributed by atoms with Gasteiger partial charge in [0.05, 0.1) is 12.1 Å². The van der Waals surface area contributed by atoms with Gasteiger partial charge in [-0.1, -0.05) is 30.7 Å². The van der Waals surface area contributed by atoms with E-state index < -0.39 is 0 Å². The fourth-order valence-corrected chi connectivity index (χ4v) is 4.45. The molecule has 0 spiro atoms. The number of nitrogens with one attached hydrogen (secondary N) is 1. The van der Waals surface area contributed by atoms with Crippen LogP contribution < -0.4 is 5.32 Å². The van der Waals surface area contributed by atoms with Crippen molar-refractivity contribution in [2.45, 2.75) is 39.3 Å². The van der Waals surface area contributed by atoms with Crippen molar-refractivity contribution >= 4 is 23.2 Å². The molecule has 2 heterocycles. The number of hydrogen-bond donors (Lipinski definition) is 2. The van der Waals surface area contributed by atoms with E-state index in [4.69, 9.17) is 11.6 Å². The molecule has 1 aliphatic carbocycles. The molecule has 0 aliphatic heterocycles. The summed E-state index contributed by atoms with van der Waals surface area (Å²) in [5.41, 5.74) is 2.64. The van der Waals surface area contributed by atoms with E-state index in [1.165, 1.54) is 12.5 Å². The maximum Gasteiger partial charge on any atom is 0.218 e. The van der Waals surface area contributed by atoms with Gasteiger partial charge in [-0.25, -0.2) is 9.97 Å². The van der Waals surface area contributed by atoms with Gasteiger partial charge in [0, 0.05) is 29.6 Å². The molecule has 4 rings (SSSR count). The quantitative estimate of drug-likeness (QED) is 0.545. The predicted molar refractivity (Wildman–Crippen MR) is 119 cm³/mol. The first-order chi connectivity index (χ1) is 14.9. The molecule has 2 N–H and O–H groups in total. The number of carbonyl (C=O) groups is 1. The van der Waals surface area contributed by atoms with Gasteiger partial charge >= 0.3 is 0 Å². The van der Waals surface area contributed by atoms with Crippen molar-refractivity contribution in [1.29, 1.82) is 0 Å². The molecule has 0 bridgehead atoms. The Morgan fingerprint density at radius 1 is 1.32 bits per heavy atom. The molecule has 31 heavy (non-hydrogen) atoms. The molecule has 1 aromatic carbocycles. The Labute approximate surface area is 186 Å². The van der Waals surface area contributed by atoms with Crippen LogP contribution in [0.2, 0.25) is 5.02 Å². The molecule has 0 amide bonds. The summed E-state index contributed by atoms with van der Waals surface area (Å²) in [5.74, 6) is 0.982. The number of halogens is 1. The summed E-state index contributed by atoms with van der Waals surface area (Å²) in [6.07, 6.45) is 4.74. The minimum Gasteiger partial charge on any atom is -0.396 e. The largest absolute Gasteiger partial charge is 0.396 e. The Morgan fingerprint density at radius 2 is 2.16 bits per heavy atom. The second kappa shape index (κ2) is 9.16. The van der Waals surface area contributed by atoms with Gasteiger partial charge in [-0.15, -0.1) is 0 Å². The topological polar surface area (TPSA) is 92.9 Å². The SMILES string of the molecule is Cc1cc(C(=O)c2cncnc2N[C@@H]2C[C@H](CO)[C@@H](C)C2)nn1Cc1cccc(Cl)c1. The summed E-state index contributed by atoms with van der Waals surface area (Å²) in [5, 5.41) is 18.1. The van der Waals surface area contributed by atoms with Gasteiger partial charge in [0.25, 0.3) is 0 Å². The van der Waals surface area contributed by atoms with Crippen LogP contribution in [0.3, 0.4) is 0 Å². The number of anilines is 1. The van der Waals surface area contributed by atoms with Crippen molar-refractivity contribution in [3.05, 3.63) is 70.4 Å². The third kappa shape index (κ3) is 4.78. The van der Waals surface area contributed by atoms with E-state index in [0.717, 1.165) is 24.1 Å². The van der Waals surface area contributed by atoms with E-state index in [-0.39, 0.29) is 24.3 Å². The molecular formula is C23H26ClN5O2. The minimum absolute atomic E-state index is 0.163. The lowest BCUT2D eigenvalue weighted by Crippen LogP contribution is -2.20. The Bertz CT molecular complexity index is 1080. The number of aromatic nitrogens is 4. The van der Waals surface area contributed by atoms with Crippen molar-refractivity contribution in [3.63, 3.8) is 0 Å². The average Bonchev–Trinajstić information content (AvgIpc) is 3.29. The highest BCUT2D eigenvalue weighted by atomic mass is 35.5. The highest BCUT2D eigenvalue weighted by molar-refractivity contribution is 6.30. The number of aryl methyl sites for hydroxylation is 1. The van der Waals surface area contributed by atoms with Crippen LogP contribution in [-0.4, -0.2) is 43.3 Å². The maximum absolute atomic E-state index is 13.2. The molecule has 2 aromatic heterocycles. The first-order valence-corrected chi connectivity index (χ1v) is 10.8. The minimum atomic E-state index is -0.221. The summed E-state index contributed by atoms with van der Waals surface area (Å²) in [6, 6.07) is 9.53. The molecule has 162 valence electrons. The molecule has 3 atom stereocenters. The van der Waals surface area contributed by atoms with Gasteiger partial charge in [0.1, 0.15) is 17.8 Å². The van der Waals surface area contributed by atoms with Crippen LogP contribution in [-0.2, 0) is 6.54 Å². The Balaban J connectivity index is 1.54. The zero-order valence-corrected chi connectivity index (χ0v) is 18.4. The molecular weight excluding hydrogens is 414 g/mol. The molecule has 7 nitrogen and oxygen atoms in total. The lowest BCUT2D eigenvalue weighted by Gasteiger charge is -2.15. The van der Waals surface area contributed by atoms with Crippen LogP contribution in [0.1, 0.15) is 47.1 Å². The van der Waals surface area contributed by atoms with E-state index in [2.05, 4.69) is 27.3 Å². The van der Waals surface area contributed by atoms with Crippen LogP contribution in [0.15, 0.2) is 42.9 Å². The molecule has 3 aromatic rings. The Hall–Kier alpha value is -2.77. The number of nitrogens with zero attached hydrogens (tertiary/aromatic N) is 4. The van der Waals surface area contributed by atoms with Gasteiger partial charge < -0.3 is 10.4 Å². The van der Waals surface area contributed by atoms with E-state index in [0.29, 0.717) is 34.6 Å². The van der Waals surface area contributed by atoms with Crippen molar-refractivity contribution in [2.24, 2.45) is 11.8 Å². The van der Waals surface area contributed by atoms with Crippen LogP contribution in [0.5, 0.6) is 0 Å². The third-order valence-corrected chi connectivity index (χ3v) is 6.25. The number of benzene rings is 1. The second-order valence-electron chi connectivity index (χ2n) is 8.31. The molecule has 0 unspecified atom stereocenters. The molecule has 1 fully saturated rings. The van der Waals surface area contributed by atoms with Crippen molar-refractivity contribution in [3.8, 4) is 0 Å². The number of aliphatic hydroxyl groups excluding tert-OH is 1. The van der Waals surface area contributed by atoms with Crippen molar-refractivity contribution in [2.75, 3.05) is 11.9 Å². The number of carbonyl (C=O) groups excluding carboxylic acids is 1. The zero-order chi connectivity index (χ0) is 22.0. The Morgan fingerprint density at radius 3 is 2.90 bits per heavy atom. The molecule has 8 heteroatoms. The molecule has 0 radical (unpaired) electrons. The summed E-state index contributed by atoms with van der Waals surface area (Å²) in [7, 11) is 0. The standard InChI is InChI=1S/C23H26ClN5O2/c1-14-6-19(9-17(14)12-30)27-23-20(10-25-13-26-23)22(31)21-7-15(2)29(28-21)11-16-4-3-5-18(24)8-16/h3-5,7-8,10,13-14,17,19,30H,6,9,11-12H2,1-2H3,(H,25,26,27)/t14-,17+,19-/m0/s1. The van der Waals surface area contributed by atoms with Crippen molar-refractivity contribution in [1.82, 2.24) is 19.7 Å². The third-order valence-electron chi connectivity index (χ3n) is 6.02. The van der Waals surface area contributed by atoms with Gasteiger partial charge in [-0.3, -0.25) is 9.48 Å². The molecule has 1 saturated carbocycles. The number of hydrogen-bond acceptors (Lipinski definition) is 6. The summed E-state index contributed by atoms with van der Waals surface area (Å²) in [6.45, 7) is 4.77. The summed E-state index contributed by atoms with van der Waals surface area (Å²) < 4.78 is 1.79. The van der Waals surface area contributed by atoms with Gasteiger partial charge in [-0.05, 0) is 55.4 Å². The van der Waals surface area contributed by atoms with Crippen LogP contribution >= 0.6 is 11.6 Å². The molecule has 1 aliphatic rings. The predicted octanol–water partition coefficient (Wildman–Crippen LogP) is 3.73. The Kier molecular flexibility index (Phi) is 6.34.